The number of amides is 1. The first-order valence-corrected chi connectivity index (χ1v) is 8.43. The van der Waals surface area contributed by atoms with E-state index in [1.54, 1.807) is 6.21 Å². The minimum absolute atomic E-state index is 0.00594. The van der Waals surface area contributed by atoms with Gasteiger partial charge >= 0.3 is 0 Å². The van der Waals surface area contributed by atoms with Crippen LogP contribution in [0, 0.1) is 5.92 Å². The van der Waals surface area contributed by atoms with Crippen molar-refractivity contribution in [1.82, 2.24) is 5.43 Å². The SMILES string of the molecule is CC(C)(C)c1ccc(/C=N/NC(=O)C2CC2c2ccccc2)cc1. The molecule has 124 valence electrons. The van der Waals surface area contributed by atoms with Gasteiger partial charge in [0.05, 0.1) is 6.21 Å². The maximum atomic E-state index is 12.1. The van der Waals surface area contributed by atoms with Gasteiger partial charge < -0.3 is 0 Å². The number of hydrogen-bond donors (Lipinski definition) is 1. The van der Waals surface area contributed by atoms with Gasteiger partial charge in [0, 0.05) is 5.92 Å². The third-order valence-corrected chi connectivity index (χ3v) is 4.52. The molecule has 2 unspecified atom stereocenters. The maximum Gasteiger partial charge on any atom is 0.243 e. The van der Waals surface area contributed by atoms with Crippen molar-refractivity contribution < 1.29 is 4.79 Å². The zero-order chi connectivity index (χ0) is 17.2. The molecule has 0 aliphatic heterocycles. The van der Waals surface area contributed by atoms with Crippen LogP contribution < -0.4 is 5.43 Å². The van der Waals surface area contributed by atoms with Crippen LogP contribution in [0.15, 0.2) is 59.7 Å². The van der Waals surface area contributed by atoms with Gasteiger partial charge in [0.2, 0.25) is 5.91 Å². The fourth-order valence-corrected chi connectivity index (χ4v) is 2.88. The van der Waals surface area contributed by atoms with Crippen LogP contribution in [0.2, 0.25) is 0 Å². The lowest BCUT2D eigenvalue weighted by Gasteiger charge is -2.18. The molecular weight excluding hydrogens is 296 g/mol. The molecule has 1 amide bonds. The zero-order valence-electron chi connectivity index (χ0n) is 14.5. The second-order valence-corrected chi connectivity index (χ2v) is 7.47. The topological polar surface area (TPSA) is 41.5 Å². The Kier molecular flexibility index (Phi) is 4.52. The van der Waals surface area contributed by atoms with Gasteiger partial charge in [-0.15, -0.1) is 0 Å². The third-order valence-electron chi connectivity index (χ3n) is 4.52. The summed E-state index contributed by atoms with van der Waals surface area (Å²) in [6.45, 7) is 6.57. The van der Waals surface area contributed by atoms with Crippen molar-refractivity contribution in [3.05, 3.63) is 71.3 Å². The van der Waals surface area contributed by atoms with Crippen LogP contribution in [0.5, 0.6) is 0 Å². The number of carbonyl (C=O) groups is 1. The lowest BCUT2D eigenvalue weighted by Crippen LogP contribution is -2.20. The molecule has 3 nitrogen and oxygen atoms in total. The summed E-state index contributed by atoms with van der Waals surface area (Å²) in [4.78, 5) is 12.1. The molecule has 0 aromatic heterocycles. The van der Waals surface area contributed by atoms with Gasteiger partial charge in [-0.05, 0) is 34.4 Å². The van der Waals surface area contributed by atoms with Crippen LogP contribution in [0.25, 0.3) is 0 Å². The van der Waals surface area contributed by atoms with Crippen molar-refractivity contribution in [2.75, 3.05) is 0 Å². The molecule has 1 aliphatic rings. The molecular formula is C21H24N2O. The quantitative estimate of drug-likeness (QED) is 0.664. The van der Waals surface area contributed by atoms with Crippen LogP contribution in [-0.4, -0.2) is 12.1 Å². The van der Waals surface area contributed by atoms with E-state index in [1.807, 2.05) is 30.3 Å². The van der Waals surface area contributed by atoms with Gasteiger partial charge in [-0.1, -0.05) is 75.4 Å². The minimum Gasteiger partial charge on any atom is -0.273 e. The molecule has 0 radical (unpaired) electrons. The summed E-state index contributed by atoms with van der Waals surface area (Å²) in [5, 5.41) is 4.10. The summed E-state index contributed by atoms with van der Waals surface area (Å²) < 4.78 is 0. The fraction of sp³-hybridized carbons (Fsp3) is 0.333. The highest BCUT2D eigenvalue weighted by Gasteiger charge is 2.43. The molecule has 1 fully saturated rings. The zero-order valence-corrected chi connectivity index (χ0v) is 14.5. The first-order valence-electron chi connectivity index (χ1n) is 8.43. The van der Waals surface area contributed by atoms with E-state index in [1.165, 1.54) is 11.1 Å². The first-order chi connectivity index (χ1) is 11.4. The van der Waals surface area contributed by atoms with Crippen LogP contribution in [0.4, 0.5) is 0 Å². The predicted molar refractivity (Wildman–Crippen MR) is 98.2 cm³/mol. The number of rotatable bonds is 4. The Hall–Kier alpha value is -2.42. The summed E-state index contributed by atoms with van der Waals surface area (Å²) in [5.41, 5.74) is 6.31. The summed E-state index contributed by atoms with van der Waals surface area (Å²) in [6.07, 6.45) is 2.61. The Morgan fingerprint density at radius 1 is 1.08 bits per heavy atom. The van der Waals surface area contributed by atoms with E-state index in [4.69, 9.17) is 0 Å². The molecule has 0 heterocycles. The van der Waals surface area contributed by atoms with Crippen LogP contribution >= 0.6 is 0 Å². The van der Waals surface area contributed by atoms with E-state index in [-0.39, 0.29) is 17.2 Å². The standard InChI is InChI=1S/C21H24N2O/c1-21(2,3)17-11-9-15(10-12-17)14-22-23-20(24)19-13-18(19)16-7-5-4-6-8-16/h4-12,14,18-19H,13H2,1-3H3,(H,23,24)/b22-14+. The van der Waals surface area contributed by atoms with Gasteiger partial charge in [-0.2, -0.15) is 5.10 Å². The van der Waals surface area contributed by atoms with Crippen molar-refractivity contribution in [2.24, 2.45) is 11.0 Å². The highest BCUT2D eigenvalue weighted by molar-refractivity contribution is 5.85. The second kappa shape index (κ2) is 6.60. The van der Waals surface area contributed by atoms with E-state index in [9.17, 15) is 4.79 Å². The van der Waals surface area contributed by atoms with Crippen LogP contribution in [0.3, 0.4) is 0 Å². The van der Waals surface area contributed by atoms with E-state index >= 15 is 0 Å². The normalized spacial score (nSPS) is 20.1. The highest BCUT2D eigenvalue weighted by atomic mass is 16.2. The molecule has 2 atom stereocenters. The van der Waals surface area contributed by atoms with Crippen LogP contribution in [0.1, 0.15) is 49.8 Å². The molecule has 2 aromatic carbocycles. The maximum absolute atomic E-state index is 12.1. The largest absolute Gasteiger partial charge is 0.273 e. The molecule has 0 bridgehead atoms. The summed E-state index contributed by atoms with van der Waals surface area (Å²) in [5.74, 6) is 0.395. The lowest BCUT2D eigenvalue weighted by atomic mass is 9.87. The number of hydrazone groups is 1. The Labute approximate surface area is 143 Å². The fourth-order valence-electron chi connectivity index (χ4n) is 2.88. The van der Waals surface area contributed by atoms with Crippen molar-refractivity contribution in [1.29, 1.82) is 0 Å². The number of nitrogens with one attached hydrogen (secondary N) is 1. The molecule has 3 heteroatoms. The Bertz CT molecular complexity index is 727. The molecule has 1 saturated carbocycles. The smallest absolute Gasteiger partial charge is 0.243 e. The average molecular weight is 320 g/mol. The Morgan fingerprint density at radius 3 is 2.38 bits per heavy atom. The van der Waals surface area contributed by atoms with E-state index in [0.717, 1.165) is 12.0 Å². The predicted octanol–water partition coefficient (Wildman–Crippen LogP) is 4.24. The number of benzene rings is 2. The summed E-state index contributed by atoms with van der Waals surface area (Å²) >= 11 is 0. The molecule has 2 aromatic rings. The minimum atomic E-state index is 0.00594. The highest BCUT2D eigenvalue weighted by Crippen LogP contribution is 2.47. The van der Waals surface area contributed by atoms with Gasteiger partial charge in [-0.3, -0.25) is 4.79 Å². The lowest BCUT2D eigenvalue weighted by molar-refractivity contribution is -0.122. The van der Waals surface area contributed by atoms with E-state index < -0.39 is 0 Å². The molecule has 3 rings (SSSR count). The second-order valence-electron chi connectivity index (χ2n) is 7.47. The monoisotopic (exact) mass is 320 g/mol. The van der Waals surface area contributed by atoms with Gasteiger partial charge in [0.15, 0.2) is 0 Å². The molecule has 1 aliphatic carbocycles. The third kappa shape index (κ3) is 3.91. The number of hydrogen-bond acceptors (Lipinski definition) is 2. The summed E-state index contributed by atoms with van der Waals surface area (Å²) in [7, 11) is 0. The van der Waals surface area contributed by atoms with Crippen molar-refractivity contribution in [3.63, 3.8) is 0 Å². The number of nitrogens with zero attached hydrogens (tertiary/aromatic N) is 1. The average Bonchev–Trinajstić information content (AvgIpc) is 3.36. The molecule has 24 heavy (non-hydrogen) atoms. The van der Waals surface area contributed by atoms with Gasteiger partial charge in [0.25, 0.3) is 0 Å². The van der Waals surface area contributed by atoms with Gasteiger partial charge in [-0.25, -0.2) is 5.43 Å². The molecule has 1 N–H and O–H groups in total. The van der Waals surface area contributed by atoms with Crippen molar-refractivity contribution >= 4 is 12.1 Å². The summed E-state index contributed by atoms with van der Waals surface area (Å²) in [6, 6.07) is 18.5. The first kappa shape index (κ1) is 16.4. The van der Waals surface area contributed by atoms with E-state index in [0.29, 0.717) is 5.92 Å². The molecule has 0 saturated heterocycles. The Balaban J connectivity index is 1.53. The van der Waals surface area contributed by atoms with Crippen molar-refractivity contribution in [2.45, 2.75) is 38.5 Å². The molecule has 0 spiro atoms. The Morgan fingerprint density at radius 2 is 1.75 bits per heavy atom. The number of carbonyl (C=O) groups excluding carboxylic acids is 1. The van der Waals surface area contributed by atoms with Gasteiger partial charge in [0.1, 0.15) is 0 Å². The van der Waals surface area contributed by atoms with Crippen LogP contribution in [-0.2, 0) is 10.2 Å². The van der Waals surface area contributed by atoms with E-state index in [2.05, 4.69) is 55.6 Å². The van der Waals surface area contributed by atoms with Crippen molar-refractivity contribution in [3.8, 4) is 0 Å².